The van der Waals surface area contributed by atoms with E-state index >= 15 is 0 Å². The minimum atomic E-state index is -0.254. The van der Waals surface area contributed by atoms with Crippen LogP contribution in [0.15, 0.2) is 47.5 Å². The van der Waals surface area contributed by atoms with Crippen LogP contribution in [0.4, 0.5) is 11.4 Å². The van der Waals surface area contributed by atoms with Gasteiger partial charge in [0.05, 0.1) is 18.2 Å². The van der Waals surface area contributed by atoms with Crippen LogP contribution in [-0.4, -0.2) is 41.9 Å². The molecular weight excluding hydrogens is 362 g/mol. The Morgan fingerprint density at radius 1 is 1.30 bits per heavy atom. The zero-order valence-corrected chi connectivity index (χ0v) is 15.8. The molecule has 5 nitrogen and oxygen atoms in total. The number of nitrogens with zero attached hydrogens (tertiary/aromatic N) is 2. The Kier molecular flexibility index (Phi) is 4.81. The van der Waals surface area contributed by atoms with E-state index in [0.717, 1.165) is 17.0 Å². The van der Waals surface area contributed by atoms with E-state index in [2.05, 4.69) is 10.3 Å². The first-order valence-corrected chi connectivity index (χ1v) is 9.38. The maximum absolute atomic E-state index is 12.8. The fourth-order valence-electron chi connectivity index (χ4n) is 3.61. The lowest BCUT2D eigenvalue weighted by Gasteiger charge is -2.34. The van der Waals surface area contributed by atoms with Crippen molar-refractivity contribution in [1.82, 2.24) is 4.90 Å². The molecule has 4 rings (SSSR count). The first-order valence-electron chi connectivity index (χ1n) is 9.00. The Bertz CT molecular complexity index is 954. The van der Waals surface area contributed by atoms with Gasteiger partial charge < -0.3 is 5.32 Å². The average Bonchev–Trinajstić information content (AvgIpc) is 2.65. The number of benzene rings is 2. The largest absolute Gasteiger partial charge is 0.325 e. The molecule has 0 aromatic heterocycles. The van der Waals surface area contributed by atoms with Crippen LogP contribution in [-0.2, 0) is 4.79 Å². The maximum atomic E-state index is 12.8. The highest BCUT2D eigenvalue weighted by Gasteiger charge is 2.36. The monoisotopic (exact) mass is 381 g/mol. The Labute approximate surface area is 163 Å². The van der Waals surface area contributed by atoms with Gasteiger partial charge in [-0.3, -0.25) is 19.5 Å². The van der Waals surface area contributed by atoms with Gasteiger partial charge in [0.15, 0.2) is 5.78 Å². The van der Waals surface area contributed by atoms with E-state index in [-0.39, 0.29) is 24.2 Å². The molecular formula is C21H20ClN3O2. The highest BCUT2D eigenvalue weighted by Crippen LogP contribution is 2.31. The summed E-state index contributed by atoms with van der Waals surface area (Å²) in [6.45, 7) is 3.39. The summed E-state index contributed by atoms with van der Waals surface area (Å²) in [6.07, 6.45) is 0.703. The molecule has 0 radical (unpaired) electrons. The number of piperidine rings is 1. The van der Waals surface area contributed by atoms with Crippen LogP contribution in [0, 0.1) is 12.8 Å². The van der Waals surface area contributed by atoms with Crippen LogP contribution >= 0.6 is 11.6 Å². The third-order valence-electron chi connectivity index (χ3n) is 5.10. The summed E-state index contributed by atoms with van der Waals surface area (Å²) in [6, 6.07) is 12.9. The van der Waals surface area contributed by atoms with Gasteiger partial charge >= 0.3 is 0 Å². The predicted octanol–water partition coefficient (Wildman–Crippen LogP) is 3.88. The normalized spacial score (nSPS) is 19.1. The third kappa shape index (κ3) is 3.66. The molecule has 1 amide bonds. The molecule has 0 saturated carbocycles. The second-order valence-corrected chi connectivity index (χ2v) is 7.44. The summed E-state index contributed by atoms with van der Waals surface area (Å²) >= 11 is 6.11. The second-order valence-electron chi connectivity index (χ2n) is 7.03. The Balaban J connectivity index is 1.42. The smallest absolute Gasteiger partial charge is 0.238 e. The highest BCUT2D eigenvalue weighted by atomic mass is 35.5. The summed E-state index contributed by atoms with van der Waals surface area (Å²) in [5, 5.41) is 3.50. The number of halogens is 1. The van der Waals surface area contributed by atoms with Gasteiger partial charge in [0.25, 0.3) is 0 Å². The molecule has 1 fully saturated rings. The molecule has 138 valence electrons. The molecule has 2 aliphatic heterocycles. The lowest BCUT2D eigenvalue weighted by atomic mass is 9.85. The molecule has 0 spiro atoms. The number of aryl methyl sites for hydroxylation is 1. The number of likely N-dealkylation sites (tertiary alicyclic amines) is 1. The first kappa shape index (κ1) is 17.9. The van der Waals surface area contributed by atoms with Gasteiger partial charge in [-0.25, -0.2) is 0 Å². The SMILES string of the molecule is Cc1ccc(NC(=O)CN2CCC3=Nc4ccccc4C(=O)C3C2)cc1Cl. The molecule has 1 N–H and O–H groups in total. The van der Waals surface area contributed by atoms with Crippen molar-refractivity contribution in [1.29, 1.82) is 0 Å². The van der Waals surface area contributed by atoms with Crippen LogP contribution in [0.2, 0.25) is 5.02 Å². The zero-order valence-electron chi connectivity index (χ0n) is 15.0. The van der Waals surface area contributed by atoms with Crippen molar-refractivity contribution in [2.24, 2.45) is 10.9 Å². The molecule has 2 aliphatic rings. The van der Waals surface area contributed by atoms with Crippen LogP contribution in [0.5, 0.6) is 0 Å². The summed E-state index contributed by atoms with van der Waals surface area (Å²) in [7, 11) is 0. The zero-order chi connectivity index (χ0) is 19.0. The topological polar surface area (TPSA) is 61.8 Å². The van der Waals surface area contributed by atoms with Gasteiger partial charge in [-0.15, -0.1) is 0 Å². The predicted molar refractivity (Wildman–Crippen MR) is 107 cm³/mol. The lowest BCUT2D eigenvalue weighted by molar-refractivity contribution is -0.117. The van der Waals surface area contributed by atoms with Gasteiger partial charge in [0, 0.05) is 35.1 Å². The minimum Gasteiger partial charge on any atom is -0.325 e. The van der Waals surface area contributed by atoms with Crippen molar-refractivity contribution in [2.75, 3.05) is 25.0 Å². The summed E-state index contributed by atoms with van der Waals surface area (Å²) in [5.74, 6) is -0.264. The molecule has 2 aromatic rings. The van der Waals surface area contributed by atoms with Crippen molar-refractivity contribution < 1.29 is 9.59 Å². The molecule has 1 saturated heterocycles. The molecule has 1 atom stereocenters. The van der Waals surface area contributed by atoms with Crippen molar-refractivity contribution in [3.8, 4) is 0 Å². The van der Waals surface area contributed by atoms with Crippen molar-refractivity contribution >= 4 is 40.4 Å². The number of hydrogen-bond donors (Lipinski definition) is 1. The van der Waals surface area contributed by atoms with Crippen LogP contribution < -0.4 is 5.32 Å². The number of fused-ring (bicyclic) bond motifs is 2. The lowest BCUT2D eigenvalue weighted by Crippen LogP contribution is -2.47. The number of hydrogen-bond acceptors (Lipinski definition) is 4. The van der Waals surface area contributed by atoms with E-state index in [1.807, 2.05) is 48.2 Å². The molecule has 6 heteroatoms. The van der Waals surface area contributed by atoms with Gasteiger partial charge in [-0.1, -0.05) is 29.8 Å². The number of aliphatic imine (C=N–C) groups is 1. The molecule has 0 bridgehead atoms. The summed E-state index contributed by atoms with van der Waals surface area (Å²) < 4.78 is 0. The third-order valence-corrected chi connectivity index (χ3v) is 5.51. The number of anilines is 1. The van der Waals surface area contributed by atoms with Crippen molar-refractivity contribution in [2.45, 2.75) is 13.3 Å². The summed E-state index contributed by atoms with van der Waals surface area (Å²) in [4.78, 5) is 31.9. The number of amides is 1. The molecule has 2 heterocycles. The number of nitrogens with one attached hydrogen (secondary N) is 1. The Morgan fingerprint density at radius 2 is 2.11 bits per heavy atom. The van der Waals surface area contributed by atoms with Gasteiger partial charge in [-0.2, -0.15) is 0 Å². The minimum absolute atomic E-state index is 0.103. The number of para-hydroxylation sites is 1. The molecule has 1 unspecified atom stereocenters. The highest BCUT2D eigenvalue weighted by molar-refractivity contribution is 6.31. The summed E-state index contributed by atoms with van der Waals surface area (Å²) in [5.41, 5.74) is 4.01. The van der Waals surface area contributed by atoms with Crippen molar-refractivity contribution in [3.63, 3.8) is 0 Å². The Hall–Kier alpha value is -2.50. The number of rotatable bonds is 3. The number of Topliss-reactive ketones (excluding diaryl/α,β-unsaturated/α-hetero) is 1. The number of ketones is 1. The van der Waals surface area contributed by atoms with Crippen LogP contribution in [0.3, 0.4) is 0 Å². The first-order chi connectivity index (χ1) is 13.0. The van der Waals surface area contributed by atoms with Gasteiger partial charge in [-0.05, 0) is 43.2 Å². The number of carbonyl (C=O) groups excluding carboxylic acids is 2. The molecule has 0 aliphatic carbocycles. The van der Waals surface area contributed by atoms with Crippen molar-refractivity contribution in [3.05, 3.63) is 58.6 Å². The van der Waals surface area contributed by atoms with E-state index in [4.69, 9.17) is 11.6 Å². The number of carbonyl (C=O) groups is 2. The standard InChI is InChI=1S/C21H20ClN3O2/c1-13-6-7-14(10-17(13)22)23-20(26)12-25-9-8-19-16(11-25)21(27)15-4-2-3-5-18(15)24-19/h2-7,10,16H,8-9,11-12H2,1H3,(H,23,26). The van der Waals surface area contributed by atoms with E-state index < -0.39 is 0 Å². The van der Waals surface area contributed by atoms with Gasteiger partial charge in [0.1, 0.15) is 0 Å². The van der Waals surface area contributed by atoms with E-state index in [0.29, 0.717) is 35.8 Å². The van der Waals surface area contributed by atoms with E-state index in [1.54, 1.807) is 6.07 Å². The quantitative estimate of drug-likeness (QED) is 0.877. The molecule has 27 heavy (non-hydrogen) atoms. The van der Waals surface area contributed by atoms with Crippen LogP contribution in [0.1, 0.15) is 22.3 Å². The average molecular weight is 382 g/mol. The molecule has 2 aromatic carbocycles. The maximum Gasteiger partial charge on any atom is 0.238 e. The fourth-order valence-corrected chi connectivity index (χ4v) is 3.79. The van der Waals surface area contributed by atoms with E-state index in [1.165, 1.54) is 0 Å². The van der Waals surface area contributed by atoms with Crippen LogP contribution in [0.25, 0.3) is 0 Å². The fraction of sp³-hybridized carbons (Fsp3) is 0.286. The van der Waals surface area contributed by atoms with Gasteiger partial charge in [0.2, 0.25) is 5.91 Å². The second kappa shape index (κ2) is 7.25. The Morgan fingerprint density at radius 3 is 2.93 bits per heavy atom. The van der Waals surface area contributed by atoms with E-state index in [9.17, 15) is 9.59 Å².